The summed E-state index contributed by atoms with van der Waals surface area (Å²) in [6.07, 6.45) is 9.20. The number of carboxylic acids is 1. The van der Waals surface area contributed by atoms with E-state index in [0.717, 1.165) is 56.6 Å². The second-order valence-corrected chi connectivity index (χ2v) is 12.1. The van der Waals surface area contributed by atoms with Gasteiger partial charge in [0.2, 0.25) is 0 Å². The van der Waals surface area contributed by atoms with E-state index in [4.69, 9.17) is 9.84 Å². The Balaban J connectivity index is 2.24. The van der Waals surface area contributed by atoms with Gasteiger partial charge in [0.25, 0.3) is 0 Å². The van der Waals surface area contributed by atoms with Gasteiger partial charge in [-0.05, 0) is 49.4 Å². The number of phenols is 1. The molecule has 1 aliphatic rings. The van der Waals surface area contributed by atoms with E-state index < -0.39 is 21.2 Å². The molecule has 0 saturated heterocycles. The molecule has 0 fully saturated rings. The number of anilines is 2. The maximum absolute atomic E-state index is 14.0. The lowest BCUT2D eigenvalue weighted by Crippen LogP contribution is -2.38. The standard InChI is InChI=1S/C27H35NO6S2/c1-4-6-13-27(14-7-5-2)18-28(20-8-10-21(29)11-9-20)22-16-24(35-3)23(34-15-12-26(30)31)17-25(22)36(32,33)19-27/h8-12,15-17,29H,4-7,13-14,18-19H2,1-3H3,(H,30,31)/b15-12+. The Morgan fingerprint density at radius 1 is 1.14 bits per heavy atom. The number of fused-ring (bicyclic) bond motifs is 1. The van der Waals surface area contributed by atoms with Gasteiger partial charge in [-0.25, -0.2) is 13.2 Å². The fourth-order valence-electron chi connectivity index (χ4n) is 4.75. The van der Waals surface area contributed by atoms with Crippen LogP contribution in [-0.4, -0.2) is 43.2 Å². The van der Waals surface area contributed by atoms with E-state index in [9.17, 15) is 18.3 Å². The van der Waals surface area contributed by atoms with E-state index in [1.54, 1.807) is 24.3 Å². The number of carbonyl (C=O) groups is 1. The molecule has 7 nitrogen and oxygen atoms in total. The first-order valence-corrected chi connectivity index (χ1v) is 15.1. The van der Waals surface area contributed by atoms with Gasteiger partial charge < -0.3 is 19.8 Å². The molecule has 9 heteroatoms. The predicted octanol–water partition coefficient (Wildman–Crippen LogP) is 6.38. The van der Waals surface area contributed by atoms with E-state index in [-0.39, 0.29) is 16.4 Å². The number of sulfone groups is 1. The van der Waals surface area contributed by atoms with Crippen molar-refractivity contribution in [3.8, 4) is 11.5 Å². The van der Waals surface area contributed by atoms with Crippen molar-refractivity contribution in [3.05, 3.63) is 48.7 Å². The zero-order valence-corrected chi connectivity index (χ0v) is 22.7. The molecule has 0 amide bonds. The SMILES string of the molecule is CCCCC1(CCCC)CN(c2ccc(O)cc2)c2cc(SC)c(O/C=C/C(=O)O)cc2S(=O)(=O)C1. The van der Waals surface area contributed by atoms with Crippen LogP contribution in [0.15, 0.2) is 58.5 Å². The van der Waals surface area contributed by atoms with Crippen LogP contribution in [0.1, 0.15) is 52.4 Å². The highest BCUT2D eigenvalue weighted by Gasteiger charge is 2.42. The summed E-state index contributed by atoms with van der Waals surface area (Å²) in [4.78, 5) is 13.8. The van der Waals surface area contributed by atoms with Crippen LogP contribution in [-0.2, 0) is 14.6 Å². The van der Waals surface area contributed by atoms with Crippen molar-refractivity contribution < 1.29 is 28.2 Å². The lowest BCUT2D eigenvalue weighted by molar-refractivity contribution is -0.131. The minimum atomic E-state index is -3.71. The number of thioether (sulfide) groups is 1. The Bertz CT molecular complexity index is 1180. The zero-order valence-electron chi connectivity index (χ0n) is 21.1. The monoisotopic (exact) mass is 533 g/mol. The Morgan fingerprint density at radius 2 is 1.78 bits per heavy atom. The van der Waals surface area contributed by atoms with Crippen molar-refractivity contribution >= 4 is 38.9 Å². The summed E-state index contributed by atoms with van der Waals surface area (Å²) in [7, 11) is -3.71. The second-order valence-electron chi connectivity index (χ2n) is 9.30. The molecule has 0 radical (unpaired) electrons. The third-order valence-electron chi connectivity index (χ3n) is 6.55. The van der Waals surface area contributed by atoms with E-state index in [0.29, 0.717) is 22.9 Å². The van der Waals surface area contributed by atoms with Gasteiger partial charge in [0.15, 0.2) is 9.84 Å². The van der Waals surface area contributed by atoms with Crippen molar-refractivity contribution in [2.45, 2.75) is 62.2 Å². The van der Waals surface area contributed by atoms with Crippen molar-refractivity contribution in [2.24, 2.45) is 5.41 Å². The van der Waals surface area contributed by atoms with E-state index in [1.807, 2.05) is 12.3 Å². The zero-order chi connectivity index (χ0) is 26.3. The molecule has 1 heterocycles. The van der Waals surface area contributed by atoms with Crippen molar-refractivity contribution in [1.82, 2.24) is 0 Å². The maximum atomic E-state index is 14.0. The Kier molecular flexibility index (Phi) is 9.35. The summed E-state index contributed by atoms with van der Waals surface area (Å²) in [5.74, 6) is -0.686. The largest absolute Gasteiger partial charge is 0.508 e. The van der Waals surface area contributed by atoms with Crippen molar-refractivity contribution in [3.63, 3.8) is 0 Å². The molecule has 0 atom stereocenters. The summed E-state index contributed by atoms with van der Waals surface area (Å²) in [5, 5.41) is 18.8. The molecule has 3 rings (SSSR count). The van der Waals surface area contributed by atoms with Crippen LogP contribution in [0.3, 0.4) is 0 Å². The molecule has 196 valence electrons. The van der Waals surface area contributed by atoms with Gasteiger partial charge in [0.05, 0.1) is 33.6 Å². The smallest absolute Gasteiger partial charge is 0.331 e. The molecule has 0 saturated carbocycles. The van der Waals surface area contributed by atoms with Crippen LogP contribution in [0.25, 0.3) is 0 Å². The number of hydrogen-bond donors (Lipinski definition) is 2. The normalized spacial score (nSPS) is 16.5. The molecule has 0 aliphatic carbocycles. The number of ether oxygens (including phenoxy) is 1. The molecule has 36 heavy (non-hydrogen) atoms. The molecular weight excluding hydrogens is 498 g/mol. The van der Waals surface area contributed by atoms with E-state index in [2.05, 4.69) is 18.7 Å². The summed E-state index contributed by atoms with van der Waals surface area (Å²) in [6.45, 7) is 4.77. The minimum Gasteiger partial charge on any atom is -0.508 e. The highest BCUT2D eigenvalue weighted by Crippen LogP contribution is 2.48. The average molecular weight is 534 g/mol. The number of nitrogens with zero attached hydrogens (tertiary/aromatic N) is 1. The first-order chi connectivity index (χ1) is 17.1. The number of phenolic OH excluding ortho intramolecular Hbond substituents is 1. The molecule has 2 N–H and O–H groups in total. The second kappa shape index (κ2) is 12.1. The van der Waals surface area contributed by atoms with Crippen LogP contribution in [0, 0.1) is 5.41 Å². The summed E-state index contributed by atoms with van der Waals surface area (Å²) < 4.78 is 33.5. The van der Waals surface area contributed by atoms with Crippen molar-refractivity contribution in [2.75, 3.05) is 23.5 Å². The minimum absolute atomic E-state index is 0.0323. The third-order valence-corrected chi connectivity index (χ3v) is 9.30. The average Bonchev–Trinajstić information content (AvgIpc) is 2.93. The molecule has 1 aliphatic heterocycles. The summed E-state index contributed by atoms with van der Waals surface area (Å²) >= 11 is 1.39. The lowest BCUT2D eigenvalue weighted by atomic mass is 9.79. The maximum Gasteiger partial charge on any atom is 0.331 e. The summed E-state index contributed by atoms with van der Waals surface area (Å²) in [6, 6.07) is 10.2. The molecule has 0 spiro atoms. The first-order valence-electron chi connectivity index (χ1n) is 12.2. The number of aromatic hydroxyl groups is 1. The Labute approximate surface area is 218 Å². The highest BCUT2D eigenvalue weighted by atomic mass is 32.2. The number of benzene rings is 2. The van der Waals surface area contributed by atoms with Gasteiger partial charge in [0, 0.05) is 23.7 Å². The quantitative estimate of drug-likeness (QED) is 0.195. The molecule has 2 aromatic rings. The number of aliphatic carboxylic acids is 1. The number of rotatable bonds is 11. The molecule has 0 unspecified atom stereocenters. The molecular formula is C27H35NO6S2. The molecule has 0 bridgehead atoms. The predicted molar refractivity (Wildman–Crippen MR) is 144 cm³/mol. The van der Waals surface area contributed by atoms with Crippen LogP contribution in [0.4, 0.5) is 11.4 Å². The van der Waals surface area contributed by atoms with Crippen molar-refractivity contribution in [1.29, 1.82) is 0 Å². The Morgan fingerprint density at radius 3 is 2.33 bits per heavy atom. The lowest BCUT2D eigenvalue weighted by Gasteiger charge is -2.37. The van der Waals surface area contributed by atoms with Crippen LogP contribution in [0.5, 0.6) is 11.5 Å². The number of carboxylic acid groups (broad SMARTS) is 1. The molecule has 2 aromatic carbocycles. The fourth-order valence-corrected chi connectivity index (χ4v) is 7.40. The van der Waals surface area contributed by atoms with Gasteiger partial charge in [-0.1, -0.05) is 39.5 Å². The number of hydrogen-bond acceptors (Lipinski definition) is 7. The van der Waals surface area contributed by atoms with Gasteiger partial charge >= 0.3 is 5.97 Å². The van der Waals surface area contributed by atoms with Crippen LogP contribution < -0.4 is 9.64 Å². The van der Waals surface area contributed by atoms with Gasteiger partial charge in [-0.15, -0.1) is 11.8 Å². The van der Waals surface area contributed by atoms with E-state index in [1.165, 1.54) is 17.8 Å². The Hall–Kier alpha value is -2.65. The third kappa shape index (κ3) is 6.56. The van der Waals surface area contributed by atoms with Gasteiger partial charge in [0.1, 0.15) is 11.5 Å². The van der Waals surface area contributed by atoms with Crippen LogP contribution >= 0.6 is 11.8 Å². The van der Waals surface area contributed by atoms with Gasteiger partial charge in [-0.3, -0.25) is 0 Å². The fraction of sp³-hybridized carbons (Fsp3) is 0.444. The first kappa shape index (κ1) is 27.9. The van der Waals surface area contributed by atoms with E-state index >= 15 is 0 Å². The molecule has 0 aromatic heterocycles. The highest BCUT2D eigenvalue weighted by molar-refractivity contribution is 7.98. The topological polar surface area (TPSA) is 104 Å². The van der Waals surface area contributed by atoms with Gasteiger partial charge in [-0.2, -0.15) is 0 Å². The summed E-state index contributed by atoms with van der Waals surface area (Å²) in [5.41, 5.74) is 0.926. The van der Waals surface area contributed by atoms with Crippen LogP contribution in [0.2, 0.25) is 0 Å². The number of unbranched alkanes of at least 4 members (excludes halogenated alkanes) is 2.